The van der Waals surface area contributed by atoms with Gasteiger partial charge in [-0.15, -0.1) is 0 Å². The molecule has 11 heavy (non-hydrogen) atoms. The van der Waals surface area contributed by atoms with Crippen LogP contribution in [0.3, 0.4) is 0 Å². The van der Waals surface area contributed by atoms with E-state index in [1.165, 1.54) is 0 Å². The summed E-state index contributed by atoms with van der Waals surface area (Å²) >= 11 is 0. The third kappa shape index (κ3) is 0.991. The Morgan fingerprint density at radius 1 is 1.73 bits per heavy atom. The van der Waals surface area contributed by atoms with Crippen molar-refractivity contribution in [1.29, 1.82) is 0 Å². The predicted molar refractivity (Wildman–Crippen MR) is 43.4 cm³/mol. The van der Waals surface area contributed by atoms with Gasteiger partial charge in [-0.2, -0.15) is 0 Å². The molecule has 2 N–H and O–H groups in total. The monoisotopic (exact) mass is 156 g/mol. The third-order valence-corrected chi connectivity index (χ3v) is 3.15. The fourth-order valence-corrected chi connectivity index (χ4v) is 2.49. The van der Waals surface area contributed by atoms with Crippen molar-refractivity contribution in [3.63, 3.8) is 0 Å². The lowest BCUT2D eigenvalue weighted by molar-refractivity contribution is 0.132. The highest BCUT2D eigenvalue weighted by Gasteiger charge is 2.47. The zero-order chi connectivity index (χ0) is 7.90. The zero-order valence-electron chi connectivity index (χ0n) is 7.01. The Hall–Kier alpha value is -0.120. The fraction of sp³-hybridized carbons (Fsp3) is 1.00. The molecule has 0 aromatic heterocycles. The van der Waals surface area contributed by atoms with Crippen LogP contribution in [0, 0.1) is 5.41 Å². The first-order chi connectivity index (χ1) is 5.27. The highest BCUT2D eigenvalue weighted by atomic mass is 16.3. The first-order valence-electron chi connectivity index (χ1n) is 4.30. The van der Waals surface area contributed by atoms with Crippen molar-refractivity contribution < 1.29 is 5.11 Å². The van der Waals surface area contributed by atoms with Gasteiger partial charge in [-0.05, 0) is 20.0 Å². The number of likely N-dealkylation sites (tertiary alicyclic amines) is 1. The summed E-state index contributed by atoms with van der Waals surface area (Å²) < 4.78 is 0. The third-order valence-electron chi connectivity index (χ3n) is 3.15. The summed E-state index contributed by atoms with van der Waals surface area (Å²) in [6, 6.07) is 0.539. The van der Waals surface area contributed by atoms with Crippen LogP contribution in [0.4, 0.5) is 0 Å². The summed E-state index contributed by atoms with van der Waals surface area (Å²) in [7, 11) is 2.12. The second kappa shape index (κ2) is 2.44. The van der Waals surface area contributed by atoms with Gasteiger partial charge in [-0.3, -0.25) is 0 Å². The van der Waals surface area contributed by atoms with Gasteiger partial charge in [0.25, 0.3) is 0 Å². The largest absolute Gasteiger partial charge is 0.396 e. The maximum atomic E-state index is 9.28. The Kier molecular flexibility index (Phi) is 1.67. The van der Waals surface area contributed by atoms with Crippen LogP contribution in [0.1, 0.15) is 6.42 Å². The number of hydrogen-bond acceptors (Lipinski definition) is 3. The van der Waals surface area contributed by atoms with E-state index in [1.54, 1.807) is 0 Å². The number of nitrogens with zero attached hydrogens (tertiary/aromatic N) is 1. The van der Waals surface area contributed by atoms with E-state index in [4.69, 9.17) is 0 Å². The summed E-state index contributed by atoms with van der Waals surface area (Å²) in [6.07, 6.45) is 1.14. The van der Waals surface area contributed by atoms with Gasteiger partial charge >= 0.3 is 0 Å². The molecule has 3 nitrogen and oxygen atoms in total. The molecule has 2 saturated heterocycles. The molecular formula is C8H16N2O. The minimum absolute atomic E-state index is 0.189. The van der Waals surface area contributed by atoms with E-state index in [1.807, 2.05) is 0 Å². The van der Waals surface area contributed by atoms with Crippen LogP contribution in [0.5, 0.6) is 0 Å². The maximum Gasteiger partial charge on any atom is 0.0515 e. The van der Waals surface area contributed by atoms with Crippen molar-refractivity contribution >= 4 is 0 Å². The van der Waals surface area contributed by atoms with Crippen LogP contribution in [0.2, 0.25) is 0 Å². The smallest absolute Gasteiger partial charge is 0.0515 e. The van der Waals surface area contributed by atoms with Gasteiger partial charge in [0.1, 0.15) is 0 Å². The van der Waals surface area contributed by atoms with E-state index >= 15 is 0 Å². The van der Waals surface area contributed by atoms with Gasteiger partial charge in [-0.25, -0.2) is 0 Å². The Morgan fingerprint density at radius 2 is 2.55 bits per heavy atom. The first-order valence-corrected chi connectivity index (χ1v) is 4.30. The van der Waals surface area contributed by atoms with Crippen molar-refractivity contribution in [2.75, 3.05) is 33.3 Å². The number of aliphatic hydroxyl groups excluding tert-OH is 1. The van der Waals surface area contributed by atoms with Gasteiger partial charge in [-0.1, -0.05) is 0 Å². The second-order valence-electron chi connectivity index (χ2n) is 3.97. The van der Waals surface area contributed by atoms with E-state index in [0.29, 0.717) is 12.6 Å². The van der Waals surface area contributed by atoms with Crippen LogP contribution >= 0.6 is 0 Å². The average molecular weight is 156 g/mol. The predicted octanol–water partition coefficient (Wildman–Crippen LogP) is -0.728. The summed E-state index contributed by atoms with van der Waals surface area (Å²) in [6.45, 7) is 3.58. The molecular weight excluding hydrogens is 140 g/mol. The molecule has 2 unspecified atom stereocenters. The highest BCUT2D eigenvalue weighted by molar-refractivity contribution is 5.04. The van der Waals surface area contributed by atoms with E-state index in [0.717, 1.165) is 26.1 Å². The number of aliphatic hydroxyl groups is 1. The van der Waals surface area contributed by atoms with Crippen LogP contribution in [0.15, 0.2) is 0 Å². The minimum atomic E-state index is 0.189. The number of likely N-dealkylation sites (N-methyl/N-ethyl adjacent to an activating group) is 1. The summed E-state index contributed by atoms with van der Waals surface area (Å²) in [5.74, 6) is 0. The van der Waals surface area contributed by atoms with Gasteiger partial charge in [0, 0.05) is 24.5 Å². The first kappa shape index (κ1) is 7.53. The topological polar surface area (TPSA) is 35.5 Å². The summed E-state index contributed by atoms with van der Waals surface area (Å²) in [5.41, 5.74) is 0.189. The molecule has 64 valence electrons. The SMILES string of the molecule is CN1CC2NCCC2(CO)C1. The van der Waals surface area contributed by atoms with Gasteiger partial charge in [0.15, 0.2) is 0 Å². The molecule has 0 radical (unpaired) electrons. The number of fused-ring (bicyclic) bond motifs is 1. The molecule has 0 amide bonds. The molecule has 0 aliphatic carbocycles. The Labute approximate surface area is 67.4 Å². The van der Waals surface area contributed by atoms with Crippen LogP contribution in [0.25, 0.3) is 0 Å². The number of hydrogen-bond donors (Lipinski definition) is 2. The molecule has 2 aliphatic heterocycles. The summed E-state index contributed by atoms with van der Waals surface area (Å²) in [5, 5.41) is 12.7. The lowest BCUT2D eigenvalue weighted by Crippen LogP contribution is -2.37. The molecule has 2 atom stereocenters. The maximum absolute atomic E-state index is 9.28. The second-order valence-corrected chi connectivity index (χ2v) is 3.97. The van der Waals surface area contributed by atoms with E-state index < -0.39 is 0 Å². The molecule has 3 heteroatoms. The summed E-state index contributed by atoms with van der Waals surface area (Å²) in [4.78, 5) is 2.30. The van der Waals surface area contributed by atoms with Gasteiger partial charge in [0.2, 0.25) is 0 Å². The quantitative estimate of drug-likeness (QED) is 0.525. The van der Waals surface area contributed by atoms with Crippen LogP contribution in [-0.2, 0) is 0 Å². The molecule has 0 aromatic carbocycles. The molecule has 2 heterocycles. The Bertz CT molecular complexity index is 162. The normalized spacial score (nSPS) is 44.7. The van der Waals surface area contributed by atoms with Gasteiger partial charge < -0.3 is 15.3 Å². The molecule has 0 spiro atoms. The van der Waals surface area contributed by atoms with Crippen molar-refractivity contribution in [2.45, 2.75) is 12.5 Å². The van der Waals surface area contributed by atoms with Crippen LogP contribution in [-0.4, -0.2) is 49.3 Å². The van der Waals surface area contributed by atoms with E-state index in [9.17, 15) is 5.11 Å². The van der Waals surface area contributed by atoms with E-state index in [2.05, 4.69) is 17.3 Å². The molecule has 2 aliphatic rings. The van der Waals surface area contributed by atoms with Crippen molar-refractivity contribution in [3.05, 3.63) is 0 Å². The van der Waals surface area contributed by atoms with Crippen molar-refractivity contribution in [3.8, 4) is 0 Å². The molecule has 0 saturated carbocycles. The highest BCUT2D eigenvalue weighted by Crippen LogP contribution is 2.36. The Balaban J connectivity index is 2.15. The minimum Gasteiger partial charge on any atom is -0.396 e. The van der Waals surface area contributed by atoms with E-state index in [-0.39, 0.29) is 5.41 Å². The zero-order valence-corrected chi connectivity index (χ0v) is 7.01. The van der Waals surface area contributed by atoms with Crippen molar-refractivity contribution in [2.24, 2.45) is 5.41 Å². The van der Waals surface area contributed by atoms with Crippen LogP contribution < -0.4 is 5.32 Å². The lowest BCUT2D eigenvalue weighted by Gasteiger charge is -2.24. The fourth-order valence-electron chi connectivity index (χ4n) is 2.49. The molecule has 2 fully saturated rings. The number of rotatable bonds is 1. The van der Waals surface area contributed by atoms with Crippen molar-refractivity contribution in [1.82, 2.24) is 10.2 Å². The average Bonchev–Trinajstić information content (AvgIpc) is 2.43. The standard InChI is InChI=1S/C8H16N2O/c1-10-4-7-8(5-10,6-11)2-3-9-7/h7,9,11H,2-6H2,1H3. The molecule has 0 aromatic rings. The number of nitrogens with one attached hydrogen (secondary N) is 1. The van der Waals surface area contributed by atoms with Gasteiger partial charge in [0.05, 0.1) is 6.61 Å². The lowest BCUT2D eigenvalue weighted by atomic mass is 9.84. The molecule has 2 rings (SSSR count). The Morgan fingerprint density at radius 3 is 3.18 bits per heavy atom. The molecule has 0 bridgehead atoms.